The largest absolute Gasteiger partial charge is 0.389 e. The predicted molar refractivity (Wildman–Crippen MR) is 74.4 cm³/mol. The van der Waals surface area contributed by atoms with Crippen molar-refractivity contribution in [1.29, 1.82) is 0 Å². The minimum absolute atomic E-state index is 0.0667. The van der Waals surface area contributed by atoms with Gasteiger partial charge in [-0.2, -0.15) is 0 Å². The molecule has 0 saturated carbocycles. The van der Waals surface area contributed by atoms with E-state index in [0.29, 0.717) is 5.56 Å². The minimum atomic E-state index is -0.659. The molecular formula is C14H24N2O3. The number of carbonyl (C=O) groups is 1. The van der Waals surface area contributed by atoms with Crippen LogP contribution >= 0.6 is 0 Å². The Morgan fingerprint density at radius 2 is 2.16 bits per heavy atom. The van der Waals surface area contributed by atoms with Crippen LogP contribution in [0, 0.1) is 13.8 Å². The standard InChI is InChI=1S/C14H24N2O3/c1-6-16-10(2)7-13(11(16)3)14(18)15(4)8-12(17)9-19-5/h7,12,17H,6,8-9H2,1-5H3. The second kappa shape index (κ2) is 6.73. The fourth-order valence-corrected chi connectivity index (χ4v) is 2.35. The van der Waals surface area contributed by atoms with Crippen LogP contribution in [0.15, 0.2) is 6.07 Å². The summed E-state index contributed by atoms with van der Waals surface area (Å²) in [6.45, 7) is 7.34. The zero-order valence-corrected chi connectivity index (χ0v) is 12.4. The maximum Gasteiger partial charge on any atom is 0.255 e. The van der Waals surface area contributed by atoms with E-state index in [1.165, 1.54) is 12.0 Å². The van der Waals surface area contributed by atoms with Crippen LogP contribution in [-0.2, 0) is 11.3 Å². The van der Waals surface area contributed by atoms with E-state index < -0.39 is 6.10 Å². The summed E-state index contributed by atoms with van der Waals surface area (Å²) in [5.41, 5.74) is 2.75. The molecule has 0 saturated heterocycles. The maximum atomic E-state index is 12.3. The number of aliphatic hydroxyl groups excluding tert-OH is 1. The van der Waals surface area contributed by atoms with Gasteiger partial charge in [-0.3, -0.25) is 4.79 Å². The molecule has 0 aromatic carbocycles. The maximum absolute atomic E-state index is 12.3. The van der Waals surface area contributed by atoms with E-state index in [2.05, 4.69) is 11.5 Å². The molecule has 1 rings (SSSR count). The van der Waals surface area contributed by atoms with Gasteiger partial charge >= 0.3 is 0 Å². The van der Waals surface area contributed by atoms with Crippen molar-refractivity contribution in [2.75, 3.05) is 27.3 Å². The fourth-order valence-electron chi connectivity index (χ4n) is 2.35. The third-order valence-electron chi connectivity index (χ3n) is 3.31. The molecule has 5 nitrogen and oxygen atoms in total. The number of rotatable bonds is 6. The van der Waals surface area contributed by atoms with Crippen molar-refractivity contribution in [1.82, 2.24) is 9.47 Å². The quantitative estimate of drug-likeness (QED) is 0.843. The Hall–Kier alpha value is -1.33. The monoisotopic (exact) mass is 268 g/mol. The smallest absolute Gasteiger partial charge is 0.255 e. The van der Waals surface area contributed by atoms with Crippen LogP contribution in [0.4, 0.5) is 0 Å². The molecule has 1 atom stereocenters. The lowest BCUT2D eigenvalue weighted by Crippen LogP contribution is -2.36. The molecule has 0 aliphatic heterocycles. The number of nitrogens with zero attached hydrogens (tertiary/aromatic N) is 2. The summed E-state index contributed by atoms with van der Waals surface area (Å²) in [7, 11) is 3.22. The van der Waals surface area contributed by atoms with Crippen molar-refractivity contribution in [3.8, 4) is 0 Å². The Morgan fingerprint density at radius 3 is 2.63 bits per heavy atom. The normalized spacial score (nSPS) is 12.5. The number of methoxy groups -OCH3 is 1. The number of hydrogen-bond acceptors (Lipinski definition) is 3. The third-order valence-corrected chi connectivity index (χ3v) is 3.31. The first-order chi connectivity index (χ1) is 8.92. The van der Waals surface area contributed by atoms with Crippen LogP contribution in [0.25, 0.3) is 0 Å². The highest BCUT2D eigenvalue weighted by molar-refractivity contribution is 5.95. The number of hydrogen-bond donors (Lipinski definition) is 1. The van der Waals surface area contributed by atoms with E-state index in [9.17, 15) is 9.90 Å². The van der Waals surface area contributed by atoms with Gasteiger partial charge in [-0.15, -0.1) is 0 Å². The minimum Gasteiger partial charge on any atom is -0.389 e. The number of aryl methyl sites for hydroxylation is 1. The number of aliphatic hydroxyl groups is 1. The summed E-state index contributed by atoms with van der Waals surface area (Å²) in [5, 5.41) is 9.67. The van der Waals surface area contributed by atoms with Crippen molar-refractivity contribution in [3.63, 3.8) is 0 Å². The van der Waals surface area contributed by atoms with Gasteiger partial charge in [-0.25, -0.2) is 0 Å². The first-order valence-corrected chi connectivity index (χ1v) is 6.51. The molecule has 0 spiro atoms. The Balaban J connectivity index is 2.83. The van der Waals surface area contributed by atoms with E-state index in [1.807, 2.05) is 19.9 Å². The Labute approximate surface area is 114 Å². The number of aromatic nitrogens is 1. The summed E-state index contributed by atoms with van der Waals surface area (Å²) >= 11 is 0. The number of amides is 1. The summed E-state index contributed by atoms with van der Waals surface area (Å²) < 4.78 is 6.97. The first kappa shape index (κ1) is 15.7. The van der Waals surface area contributed by atoms with Gasteiger partial charge in [0.25, 0.3) is 5.91 Å². The summed E-state index contributed by atoms with van der Waals surface area (Å²) in [5.74, 6) is -0.0667. The van der Waals surface area contributed by atoms with Crippen LogP contribution in [0.1, 0.15) is 28.7 Å². The summed E-state index contributed by atoms with van der Waals surface area (Å²) in [4.78, 5) is 13.9. The molecule has 1 amide bonds. The molecule has 0 aliphatic rings. The predicted octanol–water partition coefficient (Wildman–Crippen LogP) is 1.20. The van der Waals surface area contributed by atoms with Crippen LogP contribution in [-0.4, -0.2) is 53.9 Å². The summed E-state index contributed by atoms with van der Waals surface area (Å²) in [6, 6.07) is 1.90. The van der Waals surface area contributed by atoms with E-state index in [0.717, 1.165) is 17.9 Å². The van der Waals surface area contributed by atoms with Crippen LogP contribution in [0.3, 0.4) is 0 Å². The molecule has 108 valence electrons. The number of likely N-dealkylation sites (N-methyl/N-ethyl adjacent to an activating group) is 1. The van der Waals surface area contributed by atoms with Crippen molar-refractivity contribution >= 4 is 5.91 Å². The Kier molecular flexibility index (Phi) is 5.57. The van der Waals surface area contributed by atoms with E-state index in [4.69, 9.17) is 4.74 Å². The highest BCUT2D eigenvalue weighted by atomic mass is 16.5. The van der Waals surface area contributed by atoms with Crippen molar-refractivity contribution in [2.24, 2.45) is 0 Å². The zero-order valence-electron chi connectivity index (χ0n) is 12.4. The van der Waals surface area contributed by atoms with E-state index in [1.54, 1.807) is 7.05 Å². The van der Waals surface area contributed by atoms with Crippen molar-refractivity contribution in [3.05, 3.63) is 23.0 Å². The molecule has 0 aliphatic carbocycles. The van der Waals surface area contributed by atoms with Gasteiger partial charge in [-0.05, 0) is 26.8 Å². The van der Waals surface area contributed by atoms with Gasteiger partial charge < -0.3 is 19.3 Å². The number of ether oxygens (including phenoxy) is 1. The van der Waals surface area contributed by atoms with Crippen molar-refractivity contribution in [2.45, 2.75) is 33.4 Å². The average molecular weight is 268 g/mol. The van der Waals surface area contributed by atoms with Gasteiger partial charge in [0, 0.05) is 38.6 Å². The average Bonchev–Trinajstić information content (AvgIpc) is 2.63. The second-order valence-electron chi connectivity index (χ2n) is 4.82. The molecular weight excluding hydrogens is 244 g/mol. The van der Waals surface area contributed by atoms with Crippen LogP contribution in [0.5, 0.6) is 0 Å². The lowest BCUT2D eigenvalue weighted by molar-refractivity contribution is 0.0380. The van der Waals surface area contributed by atoms with Gasteiger partial charge in [0.05, 0.1) is 18.3 Å². The molecule has 0 radical (unpaired) electrons. The Morgan fingerprint density at radius 1 is 1.53 bits per heavy atom. The van der Waals surface area contributed by atoms with E-state index in [-0.39, 0.29) is 19.1 Å². The van der Waals surface area contributed by atoms with Gasteiger partial charge in [-0.1, -0.05) is 0 Å². The zero-order chi connectivity index (χ0) is 14.6. The third kappa shape index (κ3) is 3.58. The molecule has 5 heteroatoms. The molecule has 1 heterocycles. The topological polar surface area (TPSA) is 54.7 Å². The second-order valence-corrected chi connectivity index (χ2v) is 4.82. The molecule has 1 aromatic rings. The van der Waals surface area contributed by atoms with E-state index >= 15 is 0 Å². The van der Waals surface area contributed by atoms with Gasteiger partial charge in [0.2, 0.25) is 0 Å². The fraction of sp³-hybridized carbons (Fsp3) is 0.643. The SMILES string of the molecule is CCn1c(C)cc(C(=O)N(C)CC(O)COC)c1C. The molecule has 19 heavy (non-hydrogen) atoms. The summed E-state index contributed by atoms with van der Waals surface area (Å²) in [6.07, 6.45) is -0.659. The van der Waals surface area contributed by atoms with Crippen LogP contribution < -0.4 is 0 Å². The lowest BCUT2D eigenvalue weighted by atomic mass is 10.2. The Bertz CT molecular complexity index is 440. The molecule has 0 bridgehead atoms. The lowest BCUT2D eigenvalue weighted by Gasteiger charge is -2.20. The molecule has 1 aromatic heterocycles. The molecule has 0 fully saturated rings. The highest BCUT2D eigenvalue weighted by Crippen LogP contribution is 2.16. The number of carbonyl (C=O) groups excluding carboxylic acids is 1. The first-order valence-electron chi connectivity index (χ1n) is 6.51. The van der Waals surface area contributed by atoms with Gasteiger partial charge in [0.15, 0.2) is 0 Å². The highest BCUT2D eigenvalue weighted by Gasteiger charge is 2.20. The van der Waals surface area contributed by atoms with Crippen molar-refractivity contribution < 1.29 is 14.6 Å². The molecule has 1 unspecified atom stereocenters. The molecule has 1 N–H and O–H groups in total. The van der Waals surface area contributed by atoms with Crippen LogP contribution in [0.2, 0.25) is 0 Å². The van der Waals surface area contributed by atoms with Gasteiger partial charge in [0.1, 0.15) is 0 Å².